The number of benzene rings is 1. The summed E-state index contributed by atoms with van der Waals surface area (Å²) in [5, 5.41) is 9.14. The number of Topliss-reactive ketones (excluding diaryl/α,β-unsaturated/α-hetero) is 1. The number of carbonyl (C=O) groups excluding carboxylic acids is 1. The molecule has 0 atom stereocenters. The molecule has 0 N–H and O–H groups in total. The molecular weight excluding hydrogens is 296 g/mol. The maximum absolute atomic E-state index is 12.2. The van der Waals surface area contributed by atoms with Gasteiger partial charge in [0.1, 0.15) is 0 Å². The standard InChI is InChI=1S/C16H16N4OS/c1-19-10-6-9-13(19)14(21)11-22-16-18-17-15(20(16)2)12-7-4-3-5-8-12/h3-10H,11H2,1-2H3. The molecule has 0 bridgehead atoms. The van der Waals surface area contributed by atoms with E-state index in [1.165, 1.54) is 11.8 Å². The molecule has 2 heterocycles. The van der Waals surface area contributed by atoms with E-state index in [9.17, 15) is 4.79 Å². The molecule has 0 aliphatic rings. The first-order valence-corrected chi connectivity index (χ1v) is 7.87. The molecule has 22 heavy (non-hydrogen) atoms. The highest BCUT2D eigenvalue weighted by atomic mass is 32.2. The summed E-state index contributed by atoms with van der Waals surface area (Å²) >= 11 is 1.40. The van der Waals surface area contributed by atoms with Crippen LogP contribution in [0, 0.1) is 0 Å². The Labute approximate surface area is 133 Å². The lowest BCUT2D eigenvalue weighted by Crippen LogP contribution is -2.08. The second-order valence-corrected chi connectivity index (χ2v) is 5.89. The molecule has 3 aromatic rings. The quantitative estimate of drug-likeness (QED) is 0.537. The molecule has 5 nitrogen and oxygen atoms in total. The summed E-state index contributed by atoms with van der Waals surface area (Å²) in [6.07, 6.45) is 1.87. The van der Waals surface area contributed by atoms with E-state index < -0.39 is 0 Å². The Bertz CT molecular complexity index is 792. The van der Waals surface area contributed by atoms with Crippen molar-refractivity contribution < 1.29 is 4.79 Å². The van der Waals surface area contributed by atoms with Crippen molar-refractivity contribution >= 4 is 17.5 Å². The molecule has 0 radical (unpaired) electrons. The Kier molecular flexibility index (Phi) is 4.11. The second-order valence-electron chi connectivity index (χ2n) is 4.95. The highest BCUT2D eigenvalue weighted by Gasteiger charge is 2.14. The average Bonchev–Trinajstić information content (AvgIpc) is 3.12. The highest BCUT2D eigenvalue weighted by molar-refractivity contribution is 7.99. The number of carbonyl (C=O) groups is 1. The lowest BCUT2D eigenvalue weighted by Gasteiger charge is -2.04. The van der Waals surface area contributed by atoms with Gasteiger partial charge >= 0.3 is 0 Å². The van der Waals surface area contributed by atoms with E-state index in [4.69, 9.17) is 0 Å². The topological polar surface area (TPSA) is 52.7 Å². The van der Waals surface area contributed by atoms with Crippen LogP contribution in [0.4, 0.5) is 0 Å². The summed E-state index contributed by atoms with van der Waals surface area (Å²) in [5.41, 5.74) is 1.72. The summed E-state index contributed by atoms with van der Waals surface area (Å²) in [6.45, 7) is 0. The van der Waals surface area contributed by atoms with Crippen LogP contribution in [0.15, 0.2) is 53.8 Å². The normalized spacial score (nSPS) is 10.8. The lowest BCUT2D eigenvalue weighted by molar-refractivity contribution is 0.101. The molecule has 6 heteroatoms. The van der Waals surface area contributed by atoms with Crippen LogP contribution in [0.1, 0.15) is 10.5 Å². The predicted octanol–water partition coefficient (Wildman–Crippen LogP) is 2.80. The molecule has 1 aromatic carbocycles. The summed E-state index contributed by atoms with van der Waals surface area (Å²) in [6, 6.07) is 13.6. The lowest BCUT2D eigenvalue weighted by atomic mass is 10.2. The Morgan fingerprint density at radius 3 is 2.55 bits per heavy atom. The largest absolute Gasteiger partial charge is 0.348 e. The molecular formula is C16H16N4OS. The number of rotatable bonds is 5. The van der Waals surface area contributed by atoms with Gasteiger partial charge in [-0.05, 0) is 12.1 Å². The van der Waals surface area contributed by atoms with E-state index in [0.717, 1.165) is 16.5 Å². The van der Waals surface area contributed by atoms with Gasteiger partial charge in [0.2, 0.25) is 0 Å². The predicted molar refractivity (Wildman–Crippen MR) is 86.9 cm³/mol. The summed E-state index contributed by atoms with van der Waals surface area (Å²) in [5.74, 6) is 1.23. The van der Waals surface area contributed by atoms with Gasteiger partial charge in [-0.1, -0.05) is 42.1 Å². The first-order chi connectivity index (χ1) is 10.7. The number of ketones is 1. The van der Waals surface area contributed by atoms with Crippen molar-refractivity contribution in [2.45, 2.75) is 5.16 Å². The Morgan fingerprint density at radius 1 is 1.09 bits per heavy atom. The third-order valence-corrected chi connectivity index (χ3v) is 4.45. The van der Waals surface area contributed by atoms with Gasteiger partial charge in [-0.3, -0.25) is 4.79 Å². The van der Waals surface area contributed by atoms with E-state index in [-0.39, 0.29) is 5.78 Å². The van der Waals surface area contributed by atoms with Gasteiger partial charge in [0.25, 0.3) is 0 Å². The third kappa shape index (κ3) is 2.82. The summed E-state index contributed by atoms with van der Waals surface area (Å²) in [4.78, 5) is 12.2. The molecule has 0 amide bonds. The van der Waals surface area contributed by atoms with E-state index in [1.54, 1.807) is 0 Å². The summed E-state index contributed by atoms with van der Waals surface area (Å²) < 4.78 is 3.74. The molecule has 0 saturated heterocycles. The zero-order valence-corrected chi connectivity index (χ0v) is 13.2. The number of aryl methyl sites for hydroxylation is 1. The fourth-order valence-corrected chi connectivity index (χ4v) is 3.02. The zero-order valence-electron chi connectivity index (χ0n) is 12.4. The van der Waals surface area contributed by atoms with Crippen molar-refractivity contribution in [1.29, 1.82) is 0 Å². The van der Waals surface area contributed by atoms with Crippen LogP contribution in [0.25, 0.3) is 11.4 Å². The smallest absolute Gasteiger partial charge is 0.191 e. The minimum atomic E-state index is 0.0850. The molecule has 0 aliphatic heterocycles. The molecule has 112 valence electrons. The fourth-order valence-electron chi connectivity index (χ4n) is 2.23. The summed E-state index contributed by atoms with van der Waals surface area (Å²) in [7, 11) is 3.78. The molecule has 3 rings (SSSR count). The number of hydrogen-bond acceptors (Lipinski definition) is 4. The minimum absolute atomic E-state index is 0.0850. The van der Waals surface area contributed by atoms with Crippen LogP contribution < -0.4 is 0 Å². The molecule has 0 fully saturated rings. The maximum Gasteiger partial charge on any atom is 0.191 e. The molecule has 2 aromatic heterocycles. The third-order valence-electron chi connectivity index (χ3n) is 3.43. The zero-order chi connectivity index (χ0) is 15.5. The van der Waals surface area contributed by atoms with Crippen molar-refractivity contribution in [2.24, 2.45) is 14.1 Å². The maximum atomic E-state index is 12.2. The number of nitrogens with zero attached hydrogens (tertiary/aromatic N) is 4. The van der Waals surface area contributed by atoms with Gasteiger partial charge in [-0.15, -0.1) is 10.2 Å². The first-order valence-electron chi connectivity index (χ1n) is 6.89. The number of hydrogen-bond donors (Lipinski definition) is 0. The van der Waals surface area contributed by atoms with Gasteiger partial charge < -0.3 is 9.13 Å². The molecule has 0 saturated carbocycles. The second kappa shape index (κ2) is 6.19. The highest BCUT2D eigenvalue weighted by Crippen LogP contribution is 2.23. The van der Waals surface area contributed by atoms with Crippen LogP contribution >= 0.6 is 11.8 Å². The molecule has 0 unspecified atom stereocenters. The molecule has 0 aliphatic carbocycles. The van der Waals surface area contributed by atoms with Crippen LogP contribution in [-0.4, -0.2) is 30.9 Å². The van der Waals surface area contributed by atoms with E-state index in [2.05, 4.69) is 10.2 Å². The van der Waals surface area contributed by atoms with Crippen LogP contribution in [-0.2, 0) is 14.1 Å². The monoisotopic (exact) mass is 312 g/mol. The Hall–Kier alpha value is -2.34. The Balaban J connectivity index is 1.73. The van der Waals surface area contributed by atoms with Crippen molar-refractivity contribution in [3.05, 3.63) is 54.4 Å². The van der Waals surface area contributed by atoms with Crippen molar-refractivity contribution in [3.63, 3.8) is 0 Å². The van der Waals surface area contributed by atoms with Crippen LogP contribution in [0.3, 0.4) is 0 Å². The first kappa shape index (κ1) is 14.6. The van der Waals surface area contributed by atoms with Gasteiger partial charge in [-0.2, -0.15) is 0 Å². The number of thioether (sulfide) groups is 1. The van der Waals surface area contributed by atoms with Crippen molar-refractivity contribution in [2.75, 3.05) is 5.75 Å². The van der Waals surface area contributed by atoms with E-state index in [1.807, 2.05) is 71.9 Å². The van der Waals surface area contributed by atoms with E-state index in [0.29, 0.717) is 11.4 Å². The van der Waals surface area contributed by atoms with Gasteiger partial charge in [0.15, 0.2) is 16.8 Å². The van der Waals surface area contributed by atoms with Crippen molar-refractivity contribution in [1.82, 2.24) is 19.3 Å². The van der Waals surface area contributed by atoms with Gasteiger partial charge in [0.05, 0.1) is 11.4 Å². The SMILES string of the molecule is Cn1cccc1C(=O)CSc1nnc(-c2ccccc2)n1C. The fraction of sp³-hybridized carbons (Fsp3) is 0.188. The van der Waals surface area contributed by atoms with E-state index >= 15 is 0 Å². The average molecular weight is 312 g/mol. The minimum Gasteiger partial charge on any atom is -0.348 e. The van der Waals surface area contributed by atoms with Gasteiger partial charge in [0, 0.05) is 25.9 Å². The van der Waals surface area contributed by atoms with Crippen LogP contribution in [0.5, 0.6) is 0 Å². The van der Waals surface area contributed by atoms with Crippen molar-refractivity contribution in [3.8, 4) is 11.4 Å². The molecule has 0 spiro atoms. The Morgan fingerprint density at radius 2 is 1.86 bits per heavy atom. The number of aromatic nitrogens is 4. The van der Waals surface area contributed by atoms with Crippen LogP contribution in [0.2, 0.25) is 0 Å². The van der Waals surface area contributed by atoms with Gasteiger partial charge in [-0.25, -0.2) is 0 Å².